The van der Waals surface area contributed by atoms with Crippen LogP contribution in [0.25, 0.3) is 17.3 Å². The Labute approximate surface area is 161 Å². The Morgan fingerprint density at radius 2 is 1.89 bits per heavy atom. The number of hydrogen-bond acceptors (Lipinski definition) is 7. The van der Waals surface area contributed by atoms with E-state index in [0.29, 0.717) is 43.8 Å². The van der Waals surface area contributed by atoms with Crippen LogP contribution < -0.4 is 5.76 Å². The van der Waals surface area contributed by atoms with Crippen molar-refractivity contribution in [3.63, 3.8) is 0 Å². The van der Waals surface area contributed by atoms with Gasteiger partial charge >= 0.3 is 11.7 Å². The number of rotatable bonds is 9. The van der Waals surface area contributed by atoms with E-state index in [1.165, 1.54) is 9.48 Å². The number of para-hydroxylation sites is 1. The molecule has 0 saturated heterocycles. The van der Waals surface area contributed by atoms with E-state index in [2.05, 4.69) is 15.3 Å². The van der Waals surface area contributed by atoms with Crippen molar-refractivity contribution >= 4 is 5.97 Å². The lowest BCUT2D eigenvalue weighted by Crippen LogP contribution is -2.15. The Kier molecular flexibility index (Phi) is 6.36. The van der Waals surface area contributed by atoms with Gasteiger partial charge in [-0.05, 0) is 38.8 Å². The molecule has 28 heavy (non-hydrogen) atoms. The zero-order valence-corrected chi connectivity index (χ0v) is 16.0. The highest BCUT2D eigenvalue weighted by Gasteiger charge is 2.18. The van der Waals surface area contributed by atoms with Gasteiger partial charge in [-0.15, -0.1) is 10.2 Å². The lowest BCUT2D eigenvalue weighted by molar-refractivity contribution is -0.143. The number of aromatic nitrogens is 5. The molecule has 0 aliphatic heterocycles. The first-order valence-corrected chi connectivity index (χ1v) is 9.31. The van der Waals surface area contributed by atoms with Gasteiger partial charge in [0.05, 0.1) is 18.0 Å². The molecule has 1 aromatic carbocycles. The minimum absolute atomic E-state index is 0.149. The van der Waals surface area contributed by atoms with Gasteiger partial charge in [-0.25, -0.2) is 4.79 Å². The Morgan fingerprint density at radius 3 is 2.64 bits per heavy atom. The average molecular weight is 385 g/mol. The number of carbonyl (C=O) groups excluding carboxylic acids is 1. The van der Waals surface area contributed by atoms with Crippen LogP contribution in [0.4, 0.5) is 0 Å². The summed E-state index contributed by atoms with van der Waals surface area (Å²) in [5.74, 6) is -0.578. The molecule has 2 heterocycles. The van der Waals surface area contributed by atoms with Gasteiger partial charge in [0.2, 0.25) is 0 Å². The molecule has 0 radical (unpaired) electrons. The minimum atomic E-state index is -0.533. The summed E-state index contributed by atoms with van der Waals surface area (Å²) in [7, 11) is 0. The van der Waals surface area contributed by atoms with Gasteiger partial charge in [-0.2, -0.15) is 14.6 Å². The Hall–Kier alpha value is -3.23. The summed E-state index contributed by atoms with van der Waals surface area (Å²) in [5.41, 5.74) is 1.86. The fourth-order valence-corrected chi connectivity index (χ4v) is 2.74. The van der Waals surface area contributed by atoms with E-state index in [4.69, 9.17) is 9.15 Å². The molecule has 0 atom stereocenters. The van der Waals surface area contributed by atoms with Gasteiger partial charge in [-0.3, -0.25) is 4.79 Å². The maximum atomic E-state index is 12.1. The second-order valence-corrected chi connectivity index (χ2v) is 6.27. The first-order chi connectivity index (χ1) is 13.6. The van der Waals surface area contributed by atoms with E-state index in [1.807, 2.05) is 30.3 Å². The molecule has 0 spiro atoms. The fourth-order valence-electron chi connectivity index (χ4n) is 2.74. The van der Waals surface area contributed by atoms with E-state index in [1.54, 1.807) is 13.8 Å². The van der Waals surface area contributed by atoms with Crippen LogP contribution in [-0.2, 0) is 16.1 Å². The van der Waals surface area contributed by atoms with Crippen molar-refractivity contribution < 1.29 is 13.9 Å². The molecule has 3 rings (SSSR count). The summed E-state index contributed by atoms with van der Waals surface area (Å²) in [4.78, 5) is 24.9. The molecule has 0 amide bonds. The van der Waals surface area contributed by atoms with E-state index in [-0.39, 0.29) is 11.9 Å². The zero-order valence-electron chi connectivity index (χ0n) is 16.0. The Bertz CT molecular complexity index is 974. The summed E-state index contributed by atoms with van der Waals surface area (Å²) in [6.45, 7) is 4.38. The van der Waals surface area contributed by atoms with E-state index in [0.717, 1.165) is 12.1 Å². The number of benzene rings is 1. The average Bonchev–Trinajstić information content (AvgIpc) is 3.25. The molecule has 0 saturated carbocycles. The first-order valence-electron chi connectivity index (χ1n) is 9.31. The molecule has 0 fully saturated rings. The predicted molar refractivity (Wildman–Crippen MR) is 101 cm³/mol. The molecule has 0 aliphatic carbocycles. The summed E-state index contributed by atoms with van der Waals surface area (Å²) in [6, 6.07) is 9.46. The third-order valence-electron chi connectivity index (χ3n) is 4.13. The molecule has 3 aromatic rings. The lowest BCUT2D eigenvalue weighted by Gasteiger charge is -2.01. The summed E-state index contributed by atoms with van der Waals surface area (Å²) in [5, 5.41) is 13.0. The SMILES string of the molecule is CCOC(=O)CCCCCn1nc(-c2nn(-c3ccccc3)nc2C)oc1=O. The van der Waals surface area contributed by atoms with E-state index in [9.17, 15) is 9.59 Å². The van der Waals surface area contributed by atoms with Crippen molar-refractivity contribution in [3.05, 3.63) is 46.6 Å². The number of nitrogens with zero attached hydrogens (tertiary/aromatic N) is 5. The van der Waals surface area contributed by atoms with Crippen LogP contribution in [0.2, 0.25) is 0 Å². The molecular formula is C19H23N5O4. The third kappa shape index (κ3) is 4.73. The summed E-state index contributed by atoms with van der Waals surface area (Å²) >= 11 is 0. The highest BCUT2D eigenvalue weighted by Crippen LogP contribution is 2.18. The number of unbranched alkanes of at least 4 members (excludes halogenated alkanes) is 2. The van der Waals surface area contributed by atoms with Crippen molar-refractivity contribution in [2.24, 2.45) is 0 Å². The molecule has 2 aromatic heterocycles. The number of aryl methyl sites for hydroxylation is 2. The minimum Gasteiger partial charge on any atom is -0.466 e. The molecular weight excluding hydrogens is 362 g/mol. The fraction of sp³-hybridized carbons (Fsp3) is 0.421. The van der Waals surface area contributed by atoms with Crippen LogP contribution in [0.1, 0.15) is 38.3 Å². The maximum Gasteiger partial charge on any atom is 0.437 e. The molecule has 0 N–H and O–H groups in total. The van der Waals surface area contributed by atoms with Gasteiger partial charge in [0.1, 0.15) is 0 Å². The largest absolute Gasteiger partial charge is 0.466 e. The second kappa shape index (κ2) is 9.12. The monoisotopic (exact) mass is 385 g/mol. The molecule has 0 bridgehead atoms. The van der Waals surface area contributed by atoms with Crippen molar-refractivity contribution in [2.75, 3.05) is 6.61 Å². The van der Waals surface area contributed by atoms with Crippen molar-refractivity contribution in [3.8, 4) is 17.3 Å². The topological polar surface area (TPSA) is 105 Å². The van der Waals surface area contributed by atoms with Gasteiger partial charge in [0, 0.05) is 13.0 Å². The predicted octanol–water partition coefficient (Wildman–Crippen LogP) is 2.52. The number of esters is 1. The first kappa shape index (κ1) is 19.5. The maximum absolute atomic E-state index is 12.1. The summed E-state index contributed by atoms with van der Waals surface area (Å²) < 4.78 is 11.4. The van der Waals surface area contributed by atoms with Gasteiger partial charge in [-0.1, -0.05) is 24.6 Å². The Morgan fingerprint density at radius 1 is 1.11 bits per heavy atom. The van der Waals surface area contributed by atoms with Gasteiger partial charge in [0.15, 0.2) is 5.69 Å². The van der Waals surface area contributed by atoms with Crippen molar-refractivity contribution in [1.29, 1.82) is 0 Å². The van der Waals surface area contributed by atoms with Crippen molar-refractivity contribution in [1.82, 2.24) is 24.8 Å². The normalized spacial score (nSPS) is 10.9. The van der Waals surface area contributed by atoms with Crippen LogP contribution in [0.15, 0.2) is 39.5 Å². The molecule has 9 heteroatoms. The smallest absolute Gasteiger partial charge is 0.437 e. The lowest BCUT2D eigenvalue weighted by atomic mass is 10.2. The van der Waals surface area contributed by atoms with Crippen LogP contribution >= 0.6 is 0 Å². The quantitative estimate of drug-likeness (QED) is 0.412. The zero-order chi connectivity index (χ0) is 19.9. The second-order valence-electron chi connectivity index (χ2n) is 6.27. The molecule has 0 aliphatic rings. The number of ether oxygens (including phenoxy) is 1. The van der Waals surface area contributed by atoms with Gasteiger partial charge < -0.3 is 9.15 Å². The van der Waals surface area contributed by atoms with Crippen LogP contribution in [0.5, 0.6) is 0 Å². The number of hydrogen-bond donors (Lipinski definition) is 0. The van der Waals surface area contributed by atoms with Crippen molar-refractivity contribution in [2.45, 2.75) is 46.1 Å². The number of carbonyl (C=O) groups is 1. The van der Waals surface area contributed by atoms with Crippen LogP contribution in [0, 0.1) is 6.92 Å². The molecule has 9 nitrogen and oxygen atoms in total. The molecule has 148 valence electrons. The third-order valence-corrected chi connectivity index (χ3v) is 4.13. The highest BCUT2D eigenvalue weighted by atomic mass is 16.5. The van der Waals surface area contributed by atoms with Crippen LogP contribution in [0.3, 0.4) is 0 Å². The van der Waals surface area contributed by atoms with Crippen LogP contribution in [-0.4, -0.2) is 37.4 Å². The van der Waals surface area contributed by atoms with Gasteiger partial charge in [0.25, 0.3) is 5.89 Å². The van der Waals surface area contributed by atoms with E-state index >= 15 is 0 Å². The Balaban J connectivity index is 1.62. The van der Waals surface area contributed by atoms with E-state index < -0.39 is 5.76 Å². The molecule has 0 unspecified atom stereocenters. The highest BCUT2D eigenvalue weighted by molar-refractivity contribution is 5.69. The standard InChI is InChI=1S/C19H23N5O4/c1-3-27-16(25)12-8-5-9-13-23-19(26)28-18(22-23)17-14(2)20-24(21-17)15-10-6-4-7-11-15/h4,6-7,10-11H,3,5,8-9,12-13H2,1-2H3. The summed E-state index contributed by atoms with van der Waals surface area (Å²) in [6.07, 6.45) is 2.59.